The molecule has 17 heavy (non-hydrogen) atoms. The fourth-order valence-electron chi connectivity index (χ4n) is 1.49. The molecule has 5 heteroatoms. The van der Waals surface area contributed by atoms with Crippen LogP contribution in [0.4, 0.5) is 11.5 Å². The van der Waals surface area contributed by atoms with Crippen molar-refractivity contribution in [3.8, 4) is 0 Å². The molecule has 2 rings (SSSR count). The van der Waals surface area contributed by atoms with Crippen molar-refractivity contribution < 1.29 is 0 Å². The highest BCUT2D eigenvalue weighted by Gasteiger charge is 2.04. The van der Waals surface area contributed by atoms with Gasteiger partial charge in [0.15, 0.2) is 0 Å². The molecular weight excluding hydrogens is 232 g/mol. The average Bonchev–Trinajstić information content (AvgIpc) is 2.22. The van der Waals surface area contributed by atoms with Gasteiger partial charge in [0, 0.05) is 5.69 Å². The van der Waals surface area contributed by atoms with Crippen molar-refractivity contribution in [1.82, 2.24) is 9.97 Å². The predicted molar refractivity (Wildman–Crippen MR) is 70.9 cm³/mol. The average molecular weight is 246 g/mol. The van der Waals surface area contributed by atoms with E-state index in [0.717, 1.165) is 15.7 Å². The summed E-state index contributed by atoms with van der Waals surface area (Å²) in [6.07, 6.45) is 0. The summed E-state index contributed by atoms with van der Waals surface area (Å²) in [4.78, 5) is 8.64. The summed E-state index contributed by atoms with van der Waals surface area (Å²) in [6, 6.07) is 7.66. The highest BCUT2D eigenvalue weighted by Crippen LogP contribution is 2.27. The molecule has 0 aliphatic carbocycles. The van der Waals surface area contributed by atoms with Crippen molar-refractivity contribution in [3.63, 3.8) is 0 Å². The Morgan fingerprint density at radius 2 is 1.76 bits per heavy atom. The van der Waals surface area contributed by atoms with Crippen LogP contribution in [0.1, 0.15) is 11.3 Å². The van der Waals surface area contributed by atoms with E-state index in [9.17, 15) is 0 Å². The summed E-state index contributed by atoms with van der Waals surface area (Å²) in [6.45, 7) is 4.02. The maximum Gasteiger partial charge on any atom is 0.147 e. The van der Waals surface area contributed by atoms with Gasteiger partial charge < -0.3 is 11.5 Å². The van der Waals surface area contributed by atoms with Crippen LogP contribution < -0.4 is 11.5 Å². The fraction of sp³-hybridized carbons (Fsp3) is 0.167. The predicted octanol–water partition coefficient (Wildman–Crippen LogP) is 2.41. The Kier molecular flexibility index (Phi) is 3.19. The Morgan fingerprint density at radius 3 is 2.41 bits per heavy atom. The van der Waals surface area contributed by atoms with Crippen LogP contribution in [0, 0.1) is 13.8 Å². The number of hydrogen-bond donors (Lipinski definition) is 2. The summed E-state index contributed by atoms with van der Waals surface area (Å²) in [5.41, 5.74) is 14.0. The summed E-state index contributed by atoms with van der Waals surface area (Å²) in [5, 5.41) is 1.72. The number of nitrogens with zero attached hydrogens (tertiary/aromatic N) is 2. The minimum atomic E-state index is 0.361. The summed E-state index contributed by atoms with van der Waals surface area (Å²) < 4.78 is 0. The Bertz CT molecular complexity index is 534. The van der Waals surface area contributed by atoms with E-state index in [-0.39, 0.29) is 0 Å². The van der Waals surface area contributed by atoms with Crippen molar-refractivity contribution in [3.05, 3.63) is 35.5 Å². The van der Waals surface area contributed by atoms with Crippen LogP contribution in [0.3, 0.4) is 0 Å². The second kappa shape index (κ2) is 4.63. The zero-order chi connectivity index (χ0) is 12.4. The van der Waals surface area contributed by atoms with E-state index in [0.29, 0.717) is 11.5 Å². The number of nitrogens with two attached hydrogens (primary N) is 2. The molecule has 0 amide bonds. The van der Waals surface area contributed by atoms with Crippen LogP contribution in [0.5, 0.6) is 0 Å². The molecule has 0 radical (unpaired) electrons. The highest BCUT2D eigenvalue weighted by atomic mass is 32.2. The largest absolute Gasteiger partial charge is 0.396 e. The number of nitrogen functional groups attached to an aromatic ring is 2. The zero-order valence-electron chi connectivity index (χ0n) is 9.77. The van der Waals surface area contributed by atoms with Gasteiger partial charge in [-0.05, 0) is 43.7 Å². The van der Waals surface area contributed by atoms with Crippen LogP contribution in [0.15, 0.2) is 34.3 Å². The molecule has 0 aliphatic rings. The second-order valence-corrected chi connectivity index (χ2v) is 4.89. The molecule has 0 saturated carbocycles. The molecule has 0 unspecified atom stereocenters. The first kappa shape index (κ1) is 11.7. The molecule has 4 nitrogen and oxygen atoms in total. The number of rotatable bonds is 2. The first-order valence-electron chi connectivity index (χ1n) is 5.20. The molecule has 0 bridgehead atoms. The van der Waals surface area contributed by atoms with Crippen LogP contribution in [-0.2, 0) is 0 Å². The van der Waals surface area contributed by atoms with Gasteiger partial charge in [-0.2, -0.15) is 0 Å². The van der Waals surface area contributed by atoms with Gasteiger partial charge in [0.05, 0.1) is 5.69 Å². The van der Waals surface area contributed by atoms with E-state index in [2.05, 4.69) is 9.97 Å². The number of hydrogen-bond acceptors (Lipinski definition) is 5. The first-order valence-corrected chi connectivity index (χ1v) is 6.01. The third-order valence-corrected chi connectivity index (χ3v) is 3.07. The molecule has 0 aromatic carbocycles. The Hall–Kier alpha value is -1.75. The van der Waals surface area contributed by atoms with Gasteiger partial charge in [-0.15, -0.1) is 0 Å². The van der Waals surface area contributed by atoms with Crippen LogP contribution in [0.2, 0.25) is 0 Å². The minimum Gasteiger partial charge on any atom is -0.396 e. The van der Waals surface area contributed by atoms with E-state index in [1.54, 1.807) is 6.07 Å². The zero-order valence-corrected chi connectivity index (χ0v) is 10.6. The van der Waals surface area contributed by atoms with Gasteiger partial charge in [-0.3, -0.25) is 0 Å². The Labute approximate surface area is 104 Å². The second-order valence-electron chi connectivity index (χ2n) is 3.85. The van der Waals surface area contributed by atoms with Crippen molar-refractivity contribution in [1.29, 1.82) is 0 Å². The summed E-state index contributed by atoms with van der Waals surface area (Å²) in [5.74, 6) is 0.361. The number of pyridine rings is 2. The molecule has 2 aromatic rings. The lowest BCUT2D eigenvalue weighted by Crippen LogP contribution is -1.98. The van der Waals surface area contributed by atoms with Crippen molar-refractivity contribution in [2.24, 2.45) is 0 Å². The molecule has 0 saturated heterocycles. The monoisotopic (exact) mass is 246 g/mol. The molecule has 0 aliphatic heterocycles. The molecule has 2 aromatic heterocycles. The molecule has 0 fully saturated rings. The Balaban J connectivity index is 2.28. The number of anilines is 2. The Morgan fingerprint density at radius 1 is 1.00 bits per heavy atom. The van der Waals surface area contributed by atoms with E-state index in [1.807, 2.05) is 32.0 Å². The minimum absolute atomic E-state index is 0.361. The molecule has 0 atom stereocenters. The third-order valence-electron chi connectivity index (χ3n) is 2.22. The third kappa shape index (κ3) is 2.88. The quantitative estimate of drug-likeness (QED) is 0.850. The number of aryl methyl sites for hydroxylation is 2. The normalized spacial score (nSPS) is 10.5. The van der Waals surface area contributed by atoms with Crippen LogP contribution >= 0.6 is 11.8 Å². The molecular formula is C12H14N4S. The maximum atomic E-state index is 5.66. The SMILES string of the molecule is Cc1cc(C)nc(Sc2ccc(N)c(N)n2)c1. The van der Waals surface area contributed by atoms with Crippen LogP contribution in [-0.4, -0.2) is 9.97 Å². The van der Waals surface area contributed by atoms with Gasteiger partial charge in [0.2, 0.25) is 0 Å². The van der Waals surface area contributed by atoms with E-state index >= 15 is 0 Å². The summed E-state index contributed by atoms with van der Waals surface area (Å²) >= 11 is 1.48. The standard InChI is InChI=1S/C12H14N4S/c1-7-5-8(2)15-11(6-7)17-10-4-3-9(13)12(14)16-10/h3-6H,13H2,1-2H3,(H2,14,16). The van der Waals surface area contributed by atoms with E-state index < -0.39 is 0 Å². The van der Waals surface area contributed by atoms with E-state index in [1.165, 1.54) is 17.3 Å². The maximum absolute atomic E-state index is 5.66. The fourth-order valence-corrected chi connectivity index (χ4v) is 2.42. The van der Waals surface area contributed by atoms with Crippen molar-refractivity contribution >= 4 is 23.3 Å². The van der Waals surface area contributed by atoms with Crippen molar-refractivity contribution in [2.75, 3.05) is 11.5 Å². The molecule has 2 heterocycles. The van der Waals surface area contributed by atoms with Gasteiger partial charge >= 0.3 is 0 Å². The molecule has 4 N–H and O–H groups in total. The van der Waals surface area contributed by atoms with E-state index in [4.69, 9.17) is 11.5 Å². The van der Waals surface area contributed by atoms with Crippen LogP contribution in [0.25, 0.3) is 0 Å². The highest BCUT2D eigenvalue weighted by molar-refractivity contribution is 7.99. The summed E-state index contributed by atoms with van der Waals surface area (Å²) in [7, 11) is 0. The lowest BCUT2D eigenvalue weighted by Gasteiger charge is -2.05. The molecule has 88 valence electrons. The lowest BCUT2D eigenvalue weighted by molar-refractivity contribution is 1.04. The lowest BCUT2D eigenvalue weighted by atomic mass is 10.3. The van der Waals surface area contributed by atoms with Gasteiger partial charge in [0.25, 0.3) is 0 Å². The smallest absolute Gasteiger partial charge is 0.147 e. The van der Waals surface area contributed by atoms with Crippen molar-refractivity contribution in [2.45, 2.75) is 23.9 Å². The van der Waals surface area contributed by atoms with Gasteiger partial charge in [-0.25, -0.2) is 9.97 Å². The topological polar surface area (TPSA) is 77.8 Å². The molecule has 0 spiro atoms. The van der Waals surface area contributed by atoms with Gasteiger partial charge in [0.1, 0.15) is 15.9 Å². The van der Waals surface area contributed by atoms with Gasteiger partial charge in [-0.1, -0.05) is 11.8 Å². The first-order chi connectivity index (χ1) is 8.04. The number of aromatic nitrogens is 2.